The number of rotatable bonds is 21. The van der Waals surface area contributed by atoms with Crippen LogP contribution in [-0.4, -0.2) is 96.3 Å². The number of primary amides is 1. The van der Waals surface area contributed by atoms with Crippen molar-refractivity contribution in [2.24, 2.45) is 17.2 Å². The van der Waals surface area contributed by atoms with Gasteiger partial charge in [-0.3, -0.25) is 34.2 Å². The van der Waals surface area contributed by atoms with Gasteiger partial charge in [-0.2, -0.15) is 0 Å². The van der Waals surface area contributed by atoms with Crippen molar-refractivity contribution in [2.75, 3.05) is 19.6 Å². The molecule has 0 aliphatic rings. The molecule has 6 amide bonds. The van der Waals surface area contributed by atoms with Gasteiger partial charge >= 0.3 is 5.97 Å². The maximum Gasteiger partial charge on any atom is 0.326 e. The van der Waals surface area contributed by atoms with Gasteiger partial charge in [-0.1, -0.05) is 60.7 Å². The number of hydrogen-bond acceptors (Lipinski definition) is 9. The van der Waals surface area contributed by atoms with E-state index in [1.807, 2.05) is 6.07 Å². The lowest BCUT2D eigenvalue weighted by Crippen LogP contribution is -2.56. The van der Waals surface area contributed by atoms with Crippen LogP contribution in [0.2, 0.25) is 0 Å². The molecule has 0 fully saturated rings. The van der Waals surface area contributed by atoms with Gasteiger partial charge in [0, 0.05) is 13.0 Å². The molecule has 0 spiro atoms. The van der Waals surface area contributed by atoms with Crippen LogP contribution in [0.5, 0.6) is 0 Å². The fourth-order valence-electron chi connectivity index (χ4n) is 4.57. The maximum absolute atomic E-state index is 13.2. The smallest absolute Gasteiger partial charge is 0.326 e. The molecular weight excluding hydrogens is 652 g/mol. The van der Waals surface area contributed by atoms with Crippen molar-refractivity contribution in [2.45, 2.75) is 56.3 Å². The summed E-state index contributed by atoms with van der Waals surface area (Å²) in [5.41, 5.74) is 18.0. The molecule has 0 aliphatic carbocycles. The summed E-state index contributed by atoms with van der Waals surface area (Å²) < 4.78 is 0. The van der Waals surface area contributed by atoms with Crippen molar-refractivity contribution >= 4 is 47.4 Å². The van der Waals surface area contributed by atoms with Crippen molar-refractivity contribution in [1.82, 2.24) is 31.9 Å². The van der Waals surface area contributed by atoms with Gasteiger partial charge < -0.3 is 54.2 Å². The number of guanidine groups is 1. The Labute approximate surface area is 288 Å². The minimum Gasteiger partial charge on any atom is -0.480 e. The van der Waals surface area contributed by atoms with Crippen LogP contribution in [0, 0.1) is 5.41 Å². The van der Waals surface area contributed by atoms with E-state index in [-0.39, 0.29) is 38.2 Å². The number of benzene rings is 2. The Balaban J connectivity index is 2.02. The van der Waals surface area contributed by atoms with Gasteiger partial charge in [0.15, 0.2) is 5.96 Å². The fraction of sp³-hybridized carbons (Fsp3) is 0.375. The fourth-order valence-corrected chi connectivity index (χ4v) is 4.57. The molecule has 2 aromatic carbocycles. The second kappa shape index (κ2) is 21.0. The average molecular weight is 697 g/mol. The van der Waals surface area contributed by atoms with Crippen LogP contribution in [0.25, 0.3) is 0 Å². The van der Waals surface area contributed by atoms with Crippen LogP contribution in [0.4, 0.5) is 0 Å². The number of nitrogens with two attached hydrogens (primary N) is 3. The highest BCUT2D eigenvalue weighted by atomic mass is 16.4. The van der Waals surface area contributed by atoms with Crippen LogP contribution < -0.4 is 49.1 Å². The molecule has 50 heavy (non-hydrogen) atoms. The van der Waals surface area contributed by atoms with Crippen molar-refractivity contribution in [3.05, 3.63) is 71.8 Å². The largest absolute Gasteiger partial charge is 0.480 e. The summed E-state index contributed by atoms with van der Waals surface area (Å²) in [4.78, 5) is 87.4. The number of aliphatic carboxylic acids is 1. The Bertz CT molecular complexity index is 1490. The first-order chi connectivity index (χ1) is 23.7. The number of nitrogens with one attached hydrogen (secondary N) is 7. The summed E-state index contributed by atoms with van der Waals surface area (Å²) in [5.74, 6) is -6.66. The molecule has 0 saturated heterocycles. The first kappa shape index (κ1) is 40.1. The lowest BCUT2D eigenvalue weighted by Gasteiger charge is -2.23. The van der Waals surface area contributed by atoms with Crippen molar-refractivity contribution in [1.29, 1.82) is 5.41 Å². The molecule has 2 aromatic rings. The number of carbonyl (C=O) groups excluding carboxylic acids is 6. The van der Waals surface area contributed by atoms with E-state index >= 15 is 0 Å². The molecule has 4 atom stereocenters. The molecular formula is C32H44N10O8. The van der Waals surface area contributed by atoms with E-state index in [1.54, 1.807) is 54.6 Å². The van der Waals surface area contributed by atoms with E-state index in [2.05, 4.69) is 31.9 Å². The van der Waals surface area contributed by atoms with Gasteiger partial charge in [0.1, 0.15) is 18.1 Å². The molecule has 18 nitrogen and oxygen atoms in total. The molecule has 2 rings (SSSR count). The van der Waals surface area contributed by atoms with Crippen molar-refractivity contribution in [3.8, 4) is 0 Å². The predicted octanol–water partition coefficient (Wildman–Crippen LogP) is -3.29. The Hall–Kier alpha value is -6.04. The summed E-state index contributed by atoms with van der Waals surface area (Å²) in [6, 6.07) is 12.5. The third kappa shape index (κ3) is 15.7. The first-order valence-electron chi connectivity index (χ1n) is 15.6. The zero-order valence-corrected chi connectivity index (χ0v) is 27.3. The quantitative estimate of drug-likeness (QED) is 0.0349. The van der Waals surface area contributed by atoms with Crippen LogP contribution in [0.15, 0.2) is 60.7 Å². The van der Waals surface area contributed by atoms with Gasteiger partial charge in [0.2, 0.25) is 35.4 Å². The van der Waals surface area contributed by atoms with E-state index in [9.17, 15) is 38.7 Å². The molecule has 0 aromatic heterocycles. The minimum atomic E-state index is -1.54. The zero-order valence-electron chi connectivity index (χ0n) is 27.3. The normalized spacial score (nSPS) is 12.9. The lowest BCUT2D eigenvalue weighted by atomic mass is 10.1. The second-order valence-electron chi connectivity index (χ2n) is 11.2. The van der Waals surface area contributed by atoms with Gasteiger partial charge in [-0.15, -0.1) is 0 Å². The predicted molar refractivity (Wildman–Crippen MR) is 181 cm³/mol. The molecule has 0 radical (unpaired) electrons. The van der Waals surface area contributed by atoms with E-state index < -0.39 is 85.1 Å². The number of carboxylic acids is 1. The van der Waals surface area contributed by atoms with Gasteiger partial charge in [-0.05, 0) is 30.4 Å². The average Bonchev–Trinajstić information content (AvgIpc) is 3.07. The third-order valence-corrected chi connectivity index (χ3v) is 7.07. The van der Waals surface area contributed by atoms with Crippen LogP contribution in [0.1, 0.15) is 30.4 Å². The Kier molecular flexibility index (Phi) is 16.9. The van der Waals surface area contributed by atoms with E-state index in [4.69, 9.17) is 22.6 Å². The molecule has 0 bridgehead atoms. The summed E-state index contributed by atoms with van der Waals surface area (Å²) in [6.07, 6.45) is -0.293. The number of carboxylic acid groups (broad SMARTS) is 1. The number of amides is 6. The second-order valence-corrected chi connectivity index (χ2v) is 11.2. The van der Waals surface area contributed by atoms with Crippen molar-refractivity contribution in [3.63, 3.8) is 0 Å². The Morgan fingerprint density at radius 3 is 1.70 bits per heavy atom. The highest BCUT2D eigenvalue weighted by molar-refractivity contribution is 5.96. The molecule has 0 aliphatic heterocycles. The van der Waals surface area contributed by atoms with E-state index in [0.29, 0.717) is 5.56 Å². The lowest BCUT2D eigenvalue weighted by molar-refractivity contribution is -0.141. The summed E-state index contributed by atoms with van der Waals surface area (Å²) in [7, 11) is 0. The molecule has 14 N–H and O–H groups in total. The summed E-state index contributed by atoms with van der Waals surface area (Å²) >= 11 is 0. The number of hydrogen-bond donors (Lipinski definition) is 11. The Morgan fingerprint density at radius 1 is 0.660 bits per heavy atom. The minimum absolute atomic E-state index is 0.00512. The Morgan fingerprint density at radius 2 is 1.18 bits per heavy atom. The monoisotopic (exact) mass is 696 g/mol. The molecule has 18 heteroatoms. The third-order valence-electron chi connectivity index (χ3n) is 7.07. The van der Waals surface area contributed by atoms with E-state index in [0.717, 1.165) is 5.56 Å². The SMILES string of the molecule is N=C(N)NCCC[C@H](NC(=O)[C@H](CC(N)=O)NC(=O)CNC(=O)[C@@H](N)Cc1ccccc1)C(=O)NCC(=O)N[C@@H](Cc1ccccc1)C(=O)O. The van der Waals surface area contributed by atoms with Gasteiger partial charge in [0.25, 0.3) is 0 Å². The summed E-state index contributed by atoms with van der Waals surface area (Å²) in [6.45, 7) is -1.08. The highest BCUT2D eigenvalue weighted by Crippen LogP contribution is 2.05. The topological polar surface area (TPSA) is 314 Å². The number of carbonyl (C=O) groups is 7. The van der Waals surface area contributed by atoms with Crippen molar-refractivity contribution < 1.29 is 38.7 Å². The molecule has 0 heterocycles. The molecule has 270 valence electrons. The molecule has 0 unspecified atom stereocenters. The van der Waals surface area contributed by atoms with Crippen LogP contribution in [-0.2, 0) is 46.4 Å². The molecule has 0 saturated carbocycles. The zero-order chi connectivity index (χ0) is 37.1. The van der Waals surface area contributed by atoms with Gasteiger partial charge in [0.05, 0.1) is 25.6 Å². The van der Waals surface area contributed by atoms with E-state index in [1.165, 1.54) is 0 Å². The highest BCUT2D eigenvalue weighted by Gasteiger charge is 2.29. The summed E-state index contributed by atoms with van der Waals surface area (Å²) in [5, 5.41) is 31.2. The maximum atomic E-state index is 13.2. The van der Waals surface area contributed by atoms with Crippen LogP contribution in [0.3, 0.4) is 0 Å². The standard InChI is InChI=1S/C32H44N10O8/c33-21(14-19-8-3-1-4-9-19)28(46)38-17-26(44)40-23(16-25(34)43)30(48)42-22(12-7-13-37-32(35)36)29(47)39-18-27(45)41-24(31(49)50)15-20-10-5-2-6-11-20/h1-6,8-11,21-24H,7,12-18,33H2,(H2,34,43)(H,38,46)(H,39,47)(H,40,44)(H,41,45)(H,42,48)(H,49,50)(H4,35,36,37)/t21-,22-,23-,24-/m0/s1. The first-order valence-corrected chi connectivity index (χ1v) is 15.6. The van der Waals surface area contributed by atoms with Gasteiger partial charge in [-0.25, -0.2) is 4.79 Å². The van der Waals surface area contributed by atoms with Crippen LogP contribution >= 0.6 is 0 Å².